The highest BCUT2D eigenvalue weighted by atomic mass is 32.1. The zero-order valence-corrected chi connectivity index (χ0v) is 8.69. The lowest BCUT2D eigenvalue weighted by Crippen LogP contribution is -1.75. The number of fused-ring (bicyclic) bond motifs is 1. The summed E-state index contributed by atoms with van der Waals surface area (Å²) in [6.07, 6.45) is 0. The molecule has 0 saturated heterocycles. The lowest BCUT2D eigenvalue weighted by molar-refractivity contribution is 1.46. The predicted molar refractivity (Wildman–Crippen MR) is 58.5 cm³/mol. The topological polar surface area (TPSA) is 47.6 Å². The second kappa shape index (κ2) is 3.34. The molecule has 1 heterocycles. The van der Waals surface area contributed by atoms with Gasteiger partial charge in [0.25, 0.3) is 0 Å². The van der Waals surface area contributed by atoms with Gasteiger partial charge in [-0.25, -0.2) is 0 Å². The third kappa shape index (κ3) is 1.35. The maximum atomic E-state index is 8.88. The Morgan fingerprint density at radius 2 is 1.93 bits per heavy atom. The molecule has 0 aliphatic carbocycles. The molecule has 0 aliphatic heterocycles. The smallest absolute Gasteiger partial charge is 0.110 e. The van der Waals surface area contributed by atoms with E-state index in [1.54, 1.807) is 12.1 Å². The minimum absolute atomic E-state index is 0.574. The molecule has 0 fully saturated rings. The molecule has 0 bridgehead atoms. The zero-order chi connectivity index (χ0) is 10.1. The van der Waals surface area contributed by atoms with Crippen molar-refractivity contribution < 1.29 is 0 Å². The van der Waals surface area contributed by atoms with Gasteiger partial charge in [-0.15, -0.1) is 24.0 Å². The molecule has 0 radical (unpaired) electrons. The van der Waals surface area contributed by atoms with Crippen molar-refractivity contribution in [1.82, 2.24) is 0 Å². The van der Waals surface area contributed by atoms with E-state index in [0.717, 1.165) is 15.0 Å². The van der Waals surface area contributed by atoms with Crippen LogP contribution in [0.1, 0.15) is 10.4 Å². The first-order chi connectivity index (χ1) is 6.74. The molecule has 1 aromatic carbocycles. The molecule has 66 valence electrons. The molecule has 2 nitrogen and oxygen atoms in total. The maximum absolute atomic E-state index is 8.88. The summed E-state index contributed by atoms with van der Waals surface area (Å²) in [5, 5.41) is 18.4. The van der Waals surface area contributed by atoms with E-state index >= 15 is 0 Å². The molecule has 0 atom stereocenters. The van der Waals surface area contributed by atoms with E-state index in [4.69, 9.17) is 10.5 Å². The van der Waals surface area contributed by atoms with Gasteiger partial charge >= 0.3 is 0 Å². The SMILES string of the molecule is N#Cc1cc2c(C#N)cc(S)cc2s1. The van der Waals surface area contributed by atoms with Gasteiger partial charge in [-0.3, -0.25) is 0 Å². The Morgan fingerprint density at radius 1 is 1.14 bits per heavy atom. The van der Waals surface area contributed by atoms with Gasteiger partial charge in [0.15, 0.2) is 0 Å². The number of nitriles is 2. The van der Waals surface area contributed by atoms with Crippen molar-refractivity contribution in [3.8, 4) is 12.1 Å². The Kier molecular flexibility index (Phi) is 2.17. The molecular formula is C10H4N2S2. The Labute approximate surface area is 90.4 Å². The summed E-state index contributed by atoms with van der Waals surface area (Å²) in [6, 6.07) is 9.48. The van der Waals surface area contributed by atoms with E-state index in [-0.39, 0.29) is 0 Å². The number of rotatable bonds is 0. The van der Waals surface area contributed by atoms with Crippen LogP contribution in [0, 0.1) is 22.7 Å². The van der Waals surface area contributed by atoms with E-state index < -0.39 is 0 Å². The molecule has 0 saturated carbocycles. The second-order valence-electron chi connectivity index (χ2n) is 2.74. The van der Waals surface area contributed by atoms with Crippen molar-refractivity contribution in [2.24, 2.45) is 0 Å². The fraction of sp³-hybridized carbons (Fsp3) is 0. The van der Waals surface area contributed by atoms with E-state index in [1.165, 1.54) is 11.3 Å². The predicted octanol–water partition coefficient (Wildman–Crippen LogP) is 2.93. The van der Waals surface area contributed by atoms with Gasteiger partial charge < -0.3 is 0 Å². The molecule has 2 aromatic rings. The van der Waals surface area contributed by atoms with Crippen LogP contribution in [0.15, 0.2) is 23.1 Å². The highest BCUT2D eigenvalue weighted by molar-refractivity contribution is 7.80. The van der Waals surface area contributed by atoms with Crippen molar-refractivity contribution in [2.75, 3.05) is 0 Å². The van der Waals surface area contributed by atoms with Crippen molar-refractivity contribution in [1.29, 1.82) is 10.5 Å². The summed E-state index contributed by atoms with van der Waals surface area (Å²) >= 11 is 5.58. The molecular weight excluding hydrogens is 212 g/mol. The van der Waals surface area contributed by atoms with Crippen LogP contribution < -0.4 is 0 Å². The summed E-state index contributed by atoms with van der Waals surface area (Å²) in [6.45, 7) is 0. The van der Waals surface area contributed by atoms with Crippen LogP contribution >= 0.6 is 24.0 Å². The first kappa shape index (κ1) is 9.08. The van der Waals surface area contributed by atoms with Gasteiger partial charge in [0.05, 0.1) is 11.6 Å². The van der Waals surface area contributed by atoms with Crippen LogP contribution in [0.25, 0.3) is 10.1 Å². The minimum Gasteiger partial charge on any atom is -0.192 e. The average molecular weight is 216 g/mol. The van der Waals surface area contributed by atoms with Crippen molar-refractivity contribution in [2.45, 2.75) is 4.90 Å². The third-order valence-electron chi connectivity index (χ3n) is 1.85. The standard InChI is InChI=1S/C10H4N2S2/c11-4-6-1-7(13)2-10-9(6)3-8(5-12)14-10/h1-3,13H. The number of thiol groups is 1. The monoisotopic (exact) mass is 216 g/mol. The first-order valence-electron chi connectivity index (χ1n) is 3.81. The summed E-state index contributed by atoms with van der Waals surface area (Å²) in [7, 11) is 0. The van der Waals surface area contributed by atoms with E-state index in [1.807, 2.05) is 6.07 Å². The third-order valence-corrected chi connectivity index (χ3v) is 3.10. The van der Waals surface area contributed by atoms with E-state index in [2.05, 4.69) is 24.8 Å². The minimum atomic E-state index is 0.574. The Morgan fingerprint density at radius 3 is 2.57 bits per heavy atom. The van der Waals surface area contributed by atoms with Crippen LogP contribution in [-0.2, 0) is 0 Å². The molecule has 0 spiro atoms. The molecule has 14 heavy (non-hydrogen) atoms. The van der Waals surface area contributed by atoms with Gasteiger partial charge in [-0.05, 0) is 18.2 Å². The highest BCUT2D eigenvalue weighted by Gasteiger charge is 2.06. The molecule has 4 heteroatoms. The fourth-order valence-corrected chi connectivity index (χ4v) is 2.54. The Balaban J connectivity index is 2.88. The highest BCUT2D eigenvalue weighted by Crippen LogP contribution is 2.30. The summed E-state index contributed by atoms with van der Waals surface area (Å²) in [4.78, 5) is 1.37. The van der Waals surface area contributed by atoms with Crippen LogP contribution in [0.2, 0.25) is 0 Å². The van der Waals surface area contributed by atoms with Crippen LogP contribution in [0.5, 0.6) is 0 Å². The number of nitrogens with zero attached hydrogens (tertiary/aromatic N) is 2. The summed E-state index contributed by atoms with van der Waals surface area (Å²) in [5.74, 6) is 0. The zero-order valence-electron chi connectivity index (χ0n) is 6.98. The fourth-order valence-electron chi connectivity index (χ4n) is 1.27. The van der Waals surface area contributed by atoms with Gasteiger partial charge in [-0.2, -0.15) is 10.5 Å². The van der Waals surface area contributed by atoms with E-state index in [0.29, 0.717) is 10.4 Å². The average Bonchev–Trinajstić information content (AvgIpc) is 2.59. The largest absolute Gasteiger partial charge is 0.192 e. The van der Waals surface area contributed by atoms with E-state index in [9.17, 15) is 0 Å². The maximum Gasteiger partial charge on any atom is 0.110 e. The second-order valence-corrected chi connectivity index (χ2v) is 4.34. The quantitative estimate of drug-likeness (QED) is 0.688. The molecule has 0 N–H and O–H groups in total. The lowest BCUT2D eigenvalue weighted by Gasteiger charge is -1.94. The number of benzene rings is 1. The van der Waals surface area contributed by atoms with Crippen LogP contribution in [0.4, 0.5) is 0 Å². The Bertz CT molecular complexity index is 584. The molecule has 1 aromatic heterocycles. The van der Waals surface area contributed by atoms with Crippen molar-refractivity contribution in [3.63, 3.8) is 0 Å². The number of thiophene rings is 1. The van der Waals surface area contributed by atoms with Crippen molar-refractivity contribution >= 4 is 34.1 Å². The van der Waals surface area contributed by atoms with Gasteiger partial charge in [0.1, 0.15) is 10.9 Å². The summed E-state index contributed by atoms with van der Waals surface area (Å²) in [5.41, 5.74) is 0.574. The first-order valence-corrected chi connectivity index (χ1v) is 5.07. The van der Waals surface area contributed by atoms with Gasteiger partial charge in [-0.1, -0.05) is 0 Å². The van der Waals surface area contributed by atoms with Crippen LogP contribution in [0.3, 0.4) is 0 Å². The normalized spacial score (nSPS) is 9.64. The number of hydrogen-bond acceptors (Lipinski definition) is 4. The van der Waals surface area contributed by atoms with Crippen molar-refractivity contribution in [3.05, 3.63) is 28.6 Å². The molecule has 2 rings (SSSR count). The molecule has 0 unspecified atom stereocenters. The molecule has 0 amide bonds. The van der Waals surface area contributed by atoms with Gasteiger partial charge in [0, 0.05) is 15.0 Å². The van der Waals surface area contributed by atoms with Crippen LogP contribution in [-0.4, -0.2) is 0 Å². The lowest BCUT2D eigenvalue weighted by atomic mass is 10.1. The summed E-state index contributed by atoms with van der Waals surface area (Å²) < 4.78 is 0.936. The number of hydrogen-bond donors (Lipinski definition) is 1. The molecule has 0 aliphatic rings. The van der Waals surface area contributed by atoms with Gasteiger partial charge in [0.2, 0.25) is 0 Å². The Hall–Kier alpha value is -1.49.